The summed E-state index contributed by atoms with van der Waals surface area (Å²) in [5.74, 6) is -3.71. The van der Waals surface area contributed by atoms with Gasteiger partial charge in [-0.3, -0.25) is 28.9 Å². The third-order valence-corrected chi connectivity index (χ3v) is 6.92. The minimum atomic E-state index is -1.92. The first-order chi connectivity index (χ1) is 21.4. The highest BCUT2D eigenvalue weighted by molar-refractivity contribution is 6.12. The number of ether oxygens (including phenoxy) is 3. The maximum Gasteiger partial charge on any atom is 0.335 e. The van der Waals surface area contributed by atoms with E-state index in [4.69, 9.17) is 14.2 Å². The van der Waals surface area contributed by atoms with Crippen LogP contribution in [0.25, 0.3) is 0 Å². The molecule has 1 aromatic rings. The Morgan fingerprint density at radius 1 is 0.933 bits per heavy atom. The van der Waals surface area contributed by atoms with E-state index >= 15 is 0 Å². The summed E-state index contributed by atoms with van der Waals surface area (Å²) in [6.45, 7) is 1.75. The molecular weight excluding hydrogens is 598 g/mol. The largest absolute Gasteiger partial charge is 0.479 e. The number of imide groups is 1. The fourth-order valence-corrected chi connectivity index (χ4v) is 4.41. The number of aliphatic hydroxyl groups is 3. The molecule has 0 radical (unpaired) electrons. The smallest absolute Gasteiger partial charge is 0.335 e. The first kappa shape index (κ1) is 35.1. The second kappa shape index (κ2) is 16.6. The molecule has 2 heterocycles. The van der Waals surface area contributed by atoms with E-state index in [-0.39, 0.29) is 68.1 Å². The van der Waals surface area contributed by atoms with Crippen molar-refractivity contribution >= 4 is 41.3 Å². The van der Waals surface area contributed by atoms with Gasteiger partial charge in [-0.2, -0.15) is 0 Å². The van der Waals surface area contributed by atoms with Crippen molar-refractivity contribution < 1.29 is 63.4 Å². The minimum absolute atomic E-state index is 0.00800. The van der Waals surface area contributed by atoms with E-state index in [2.05, 4.69) is 10.6 Å². The van der Waals surface area contributed by atoms with Crippen LogP contribution in [0.1, 0.15) is 51.0 Å². The van der Waals surface area contributed by atoms with E-state index < -0.39 is 48.6 Å². The summed E-state index contributed by atoms with van der Waals surface area (Å²) in [5, 5.41) is 44.9. The zero-order valence-electron chi connectivity index (χ0n) is 24.5. The number of nitrogens with one attached hydrogen (secondary N) is 2. The fourth-order valence-electron chi connectivity index (χ4n) is 4.41. The maximum absolute atomic E-state index is 12.7. The molecule has 2 aliphatic heterocycles. The van der Waals surface area contributed by atoms with Crippen LogP contribution in [-0.4, -0.2) is 105 Å². The summed E-state index contributed by atoms with van der Waals surface area (Å²) in [6, 6.07) is 4.26. The van der Waals surface area contributed by atoms with Gasteiger partial charge in [-0.1, -0.05) is 19.4 Å². The van der Waals surface area contributed by atoms with Crippen LogP contribution in [0.3, 0.4) is 0 Å². The number of aliphatic hydroxyl groups excluding tert-OH is 3. The van der Waals surface area contributed by atoms with Gasteiger partial charge in [-0.25, -0.2) is 4.79 Å². The van der Waals surface area contributed by atoms with Crippen LogP contribution in [0.5, 0.6) is 5.75 Å². The summed E-state index contributed by atoms with van der Waals surface area (Å²) in [6.07, 6.45) is -5.05. The molecule has 2 aliphatic rings. The molecule has 3 rings (SSSR count). The van der Waals surface area contributed by atoms with E-state index in [9.17, 15) is 49.2 Å². The number of rotatable bonds is 16. The second-order valence-electron chi connectivity index (χ2n) is 10.3. The van der Waals surface area contributed by atoms with E-state index in [0.29, 0.717) is 24.8 Å². The van der Waals surface area contributed by atoms with Crippen LogP contribution >= 0.6 is 0 Å². The molecule has 0 bridgehead atoms. The van der Waals surface area contributed by atoms with Crippen molar-refractivity contribution in [2.24, 2.45) is 0 Å². The number of esters is 1. The summed E-state index contributed by atoms with van der Waals surface area (Å²) in [5.41, 5.74) is 0.483. The van der Waals surface area contributed by atoms with Gasteiger partial charge in [0, 0.05) is 44.5 Å². The third-order valence-electron chi connectivity index (χ3n) is 6.92. The van der Waals surface area contributed by atoms with Gasteiger partial charge in [0.1, 0.15) is 30.7 Å². The zero-order chi connectivity index (χ0) is 33.1. The van der Waals surface area contributed by atoms with Crippen molar-refractivity contribution in [3.63, 3.8) is 0 Å². The lowest BCUT2D eigenvalue weighted by molar-refractivity contribution is -0.271. The average molecular weight is 636 g/mol. The SMILES string of the molecule is CCC(=O)OCc1ccc(O[C@@H]2O[C@H](C(=O)O)[C@@H](O)[C@H](O)[C@H]2O)c(NC(=O)CCNC(=O)CCCCCN2C(=O)C=CC2=O)c1. The number of carbonyl (C=O) groups excluding carboxylic acids is 5. The van der Waals surface area contributed by atoms with Gasteiger partial charge in [0.15, 0.2) is 6.10 Å². The van der Waals surface area contributed by atoms with Gasteiger partial charge in [-0.05, 0) is 30.5 Å². The van der Waals surface area contributed by atoms with Crippen molar-refractivity contribution in [3.8, 4) is 5.75 Å². The Bertz CT molecular complexity index is 1280. The molecular formula is C29H37N3O13. The molecule has 0 unspecified atom stereocenters. The second-order valence-corrected chi connectivity index (χ2v) is 10.3. The number of hydrogen-bond acceptors (Lipinski definition) is 12. The number of carboxylic acids is 1. The first-order valence-electron chi connectivity index (χ1n) is 14.4. The molecule has 1 saturated heterocycles. The van der Waals surface area contributed by atoms with Gasteiger partial charge in [-0.15, -0.1) is 0 Å². The lowest BCUT2D eigenvalue weighted by Crippen LogP contribution is -2.61. The molecule has 0 aliphatic carbocycles. The minimum Gasteiger partial charge on any atom is -0.479 e. The zero-order valence-corrected chi connectivity index (χ0v) is 24.5. The molecule has 1 aromatic carbocycles. The molecule has 0 spiro atoms. The lowest BCUT2D eigenvalue weighted by Gasteiger charge is -2.38. The fraction of sp³-hybridized carbons (Fsp3) is 0.517. The number of carbonyl (C=O) groups is 6. The molecule has 0 aromatic heterocycles. The van der Waals surface area contributed by atoms with Crippen molar-refractivity contribution in [1.82, 2.24) is 10.2 Å². The molecule has 246 valence electrons. The molecule has 0 saturated carbocycles. The highest BCUT2D eigenvalue weighted by Gasteiger charge is 2.48. The average Bonchev–Trinajstić information content (AvgIpc) is 3.32. The topological polar surface area (TPSA) is 238 Å². The monoisotopic (exact) mass is 635 g/mol. The number of benzene rings is 1. The number of hydrogen-bond donors (Lipinski definition) is 6. The standard InChI is InChI=1S/C29H37N3O13/c1-2-23(37)43-15-16-7-8-18(44-29-26(40)24(38)25(39)27(45-29)28(41)42)17(14-16)31-20(34)11-12-30-19(33)6-4-3-5-13-32-21(35)9-10-22(32)36/h7-10,14,24-27,29,38-40H,2-6,11-13,15H2,1H3,(H,30,33)(H,31,34)(H,41,42)/t24-,25-,26+,27-,29+/m0/s1. The third kappa shape index (κ3) is 10.1. The summed E-state index contributed by atoms with van der Waals surface area (Å²) in [7, 11) is 0. The Labute approximate surface area is 257 Å². The predicted molar refractivity (Wildman–Crippen MR) is 152 cm³/mol. The van der Waals surface area contributed by atoms with E-state index in [1.165, 1.54) is 30.4 Å². The summed E-state index contributed by atoms with van der Waals surface area (Å²) in [4.78, 5) is 72.2. The van der Waals surface area contributed by atoms with E-state index in [1.807, 2.05) is 0 Å². The van der Waals surface area contributed by atoms with Gasteiger partial charge in [0.05, 0.1) is 5.69 Å². The molecule has 4 amide bonds. The van der Waals surface area contributed by atoms with Crippen molar-refractivity contribution in [3.05, 3.63) is 35.9 Å². The van der Waals surface area contributed by atoms with Gasteiger partial charge < -0.3 is 45.3 Å². The summed E-state index contributed by atoms with van der Waals surface area (Å²) >= 11 is 0. The van der Waals surface area contributed by atoms with E-state index in [1.54, 1.807) is 6.92 Å². The van der Waals surface area contributed by atoms with Crippen LogP contribution in [0.2, 0.25) is 0 Å². The Morgan fingerprint density at radius 3 is 2.31 bits per heavy atom. The van der Waals surface area contributed by atoms with E-state index in [0.717, 1.165) is 4.90 Å². The molecule has 5 atom stereocenters. The number of anilines is 1. The van der Waals surface area contributed by atoms with Crippen LogP contribution in [0, 0.1) is 0 Å². The van der Waals surface area contributed by atoms with Crippen LogP contribution < -0.4 is 15.4 Å². The Morgan fingerprint density at radius 2 is 1.64 bits per heavy atom. The molecule has 6 N–H and O–H groups in total. The molecule has 45 heavy (non-hydrogen) atoms. The number of unbranched alkanes of at least 4 members (excludes halogenated alkanes) is 2. The lowest BCUT2D eigenvalue weighted by atomic mass is 9.99. The quantitative estimate of drug-likeness (QED) is 0.0752. The van der Waals surface area contributed by atoms with Crippen molar-refractivity contribution in [1.29, 1.82) is 0 Å². The first-order valence-corrected chi connectivity index (χ1v) is 14.4. The van der Waals surface area contributed by atoms with Crippen molar-refractivity contribution in [2.45, 2.75) is 82.8 Å². The highest BCUT2D eigenvalue weighted by atomic mass is 16.7. The van der Waals surface area contributed by atoms with Gasteiger partial charge >= 0.3 is 11.9 Å². The predicted octanol–water partition coefficient (Wildman–Crippen LogP) is -0.659. The Hall–Kier alpha value is -4.38. The summed E-state index contributed by atoms with van der Waals surface area (Å²) < 4.78 is 15.9. The van der Waals surface area contributed by atoms with Gasteiger partial charge in [0.2, 0.25) is 18.1 Å². The van der Waals surface area contributed by atoms with Crippen LogP contribution in [0.4, 0.5) is 5.69 Å². The number of aliphatic carboxylic acids is 1. The Balaban J connectivity index is 1.54. The number of amides is 4. The van der Waals surface area contributed by atoms with Gasteiger partial charge in [0.25, 0.3) is 11.8 Å². The maximum atomic E-state index is 12.7. The molecule has 16 nitrogen and oxygen atoms in total. The Kier molecular flexibility index (Phi) is 13.0. The molecule has 1 fully saturated rings. The molecule has 16 heteroatoms. The number of nitrogens with zero attached hydrogens (tertiary/aromatic N) is 1. The van der Waals surface area contributed by atoms with Crippen molar-refractivity contribution in [2.75, 3.05) is 18.4 Å². The highest BCUT2D eigenvalue weighted by Crippen LogP contribution is 2.31. The number of carboxylic acid groups (broad SMARTS) is 1. The van der Waals surface area contributed by atoms with Crippen LogP contribution in [0.15, 0.2) is 30.4 Å². The normalized spacial score (nSPS) is 22.7. The van der Waals surface area contributed by atoms with Crippen LogP contribution in [-0.2, 0) is 44.8 Å².